The first-order valence-electron chi connectivity index (χ1n) is 6.42. The maximum absolute atomic E-state index is 12.1. The number of methoxy groups -OCH3 is 1. The lowest BCUT2D eigenvalue weighted by atomic mass is 10.1. The van der Waals surface area contributed by atoms with Crippen LogP contribution in [0.3, 0.4) is 0 Å². The number of esters is 1. The van der Waals surface area contributed by atoms with Crippen molar-refractivity contribution in [2.45, 2.75) is 25.5 Å². The fraction of sp³-hybridized carbons (Fsp3) is 0.429. The van der Waals surface area contributed by atoms with Crippen molar-refractivity contribution in [3.05, 3.63) is 29.3 Å². The van der Waals surface area contributed by atoms with E-state index >= 15 is 0 Å². The minimum absolute atomic E-state index is 0.268. The average molecular weight is 278 g/mol. The number of aryl methyl sites for hydroxylation is 1. The van der Waals surface area contributed by atoms with E-state index in [2.05, 4.69) is 10.6 Å². The summed E-state index contributed by atoms with van der Waals surface area (Å²) in [7, 11) is 1.30. The number of hydrogen-bond acceptors (Lipinski definition) is 5. The van der Waals surface area contributed by atoms with Crippen LogP contribution >= 0.6 is 0 Å². The molecule has 2 unspecified atom stereocenters. The van der Waals surface area contributed by atoms with Gasteiger partial charge >= 0.3 is 5.97 Å². The Hall–Kier alpha value is -1.92. The molecule has 0 saturated carbocycles. The molecule has 20 heavy (non-hydrogen) atoms. The smallest absolute Gasteiger partial charge is 0.339 e. The number of rotatable bonds is 3. The van der Waals surface area contributed by atoms with Crippen LogP contribution in [0.2, 0.25) is 0 Å². The first-order chi connectivity index (χ1) is 9.51. The van der Waals surface area contributed by atoms with Crippen molar-refractivity contribution in [1.29, 1.82) is 0 Å². The van der Waals surface area contributed by atoms with Crippen LogP contribution in [0.25, 0.3) is 0 Å². The SMILES string of the molecule is COC(=O)c1cc(C)ccc1NC(=O)C1CC(O)CN1. The normalized spacial score (nSPS) is 21.6. The number of ether oxygens (including phenoxy) is 1. The molecule has 0 bridgehead atoms. The molecule has 2 atom stereocenters. The molecule has 2 rings (SSSR count). The summed E-state index contributed by atoms with van der Waals surface area (Å²) in [4.78, 5) is 23.8. The first-order valence-corrected chi connectivity index (χ1v) is 6.42. The molecule has 108 valence electrons. The summed E-state index contributed by atoms with van der Waals surface area (Å²) in [5, 5.41) is 15.0. The Balaban J connectivity index is 2.16. The van der Waals surface area contributed by atoms with Gasteiger partial charge in [-0.15, -0.1) is 0 Å². The number of nitrogens with one attached hydrogen (secondary N) is 2. The number of carbonyl (C=O) groups is 2. The lowest BCUT2D eigenvalue weighted by molar-refractivity contribution is -0.117. The topological polar surface area (TPSA) is 87.7 Å². The van der Waals surface area contributed by atoms with Crippen LogP contribution in [0.15, 0.2) is 18.2 Å². The molecular formula is C14H18N2O4. The number of benzene rings is 1. The summed E-state index contributed by atoms with van der Waals surface area (Å²) in [5.74, 6) is -0.765. The van der Waals surface area contributed by atoms with Crippen LogP contribution in [-0.2, 0) is 9.53 Å². The van der Waals surface area contributed by atoms with Crippen molar-refractivity contribution in [3.63, 3.8) is 0 Å². The van der Waals surface area contributed by atoms with Gasteiger partial charge in [0.05, 0.1) is 30.5 Å². The number of amides is 1. The van der Waals surface area contributed by atoms with Gasteiger partial charge in [0.2, 0.25) is 5.91 Å². The molecule has 6 nitrogen and oxygen atoms in total. The first kappa shape index (κ1) is 14.5. The lowest BCUT2D eigenvalue weighted by Gasteiger charge is -2.14. The third-order valence-electron chi connectivity index (χ3n) is 3.26. The average Bonchev–Trinajstić information content (AvgIpc) is 2.86. The number of carbonyl (C=O) groups excluding carboxylic acids is 2. The number of aliphatic hydroxyl groups excluding tert-OH is 1. The Kier molecular flexibility index (Phi) is 4.36. The molecule has 0 radical (unpaired) electrons. The van der Waals surface area contributed by atoms with E-state index < -0.39 is 18.1 Å². The van der Waals surface area contributed by atoms with Crippen LogP contribution in [-0.4, -0.2) is 42.8 Å². The van der Waals surface area contributed by atoms with Gasteiger partial charge < -0.3 is 20.5 Å². The molecule has 1 saturated heterocycles. The zero-order valence-corrected chi connectivity index (χ0v) is 11.5. The van der Waals surface area contributed by atoms with Crippen LogP contribution in [0, 0.1) is 6.92 Å². The molecular weight excluding hydrogens is 260 g/mol. The Morgan fingerprint density at radius 3 is 2.80 bits per heavy atom. The van der Waals surface area contributed by atoms with Crippen LogP contribution < -0.4 is 10.6 Å². The minimum atomic E-state index is -0.510. The molecule has 6 heteroatoms. The summed E-state index contributed by atoms with van der Waals surface area (Å²) in [5.41, 5.74) is 1.63. The van der Waals surface area contributed by atoms with Crippen LogP contribution in [0.4, 0.5) is 5.69 Å². The molecule has 1 heterocycles. The molecule has 1 aromatic carbocycles. The van der Waals surface area contributed by atoms with Crippen molar-refractivity contribution in [3.8, 4) is 0 Å². The van der Waals surface area contributed by atoms with Crippen molar-refractivity contribution in [2.24, 2.45) is 0 Å². The van der Waals surface area contributed by atoms with E-state index in [1.165, 1.54) is 7.11 Å². The molecule has 1 amide bonds. The lowest BCUT2D eigenvalue weighted by Crippen LogP contribution is -2.35. The monoisotopic (exact) mass is 278 g/mol. The van der Waals surface area contributed by atoms with Gasteiger partial charge in [-0.1, -0.05) is 11.6 Å². The fourth-order valence-corrected chi connectivity index (χ4v) is 2.18. The molecule has 1 aliphatic heterocycles. The predicted octanol–water partition coefficient (Wildman–Crippen LogP) is 0.443. The molecule has 1 fully saturated rings. The molecule has 1 aliphatic rings. The van der Waals surface area contributed by atoms with Gasteiger partial charge in [0.25, 0.3) is 0 Å². The van der Waals surface area contributed by atoms with Gasteiger partial charge in [-0.2, -0.15) is 0 Å². The van der Waals surface area contributed by atoms with Crippen molar-refractivity contribution in [1.82, 2.24) is 5.32 Å². The van der Waals surface area contributed by atoms with Crippen molar-refractivity contribution in [2.75, 3.05) is 19.0 Å². The van der Waals surface area contributed by atoms with Crippen LogP contribution in [0.1, 0.15) is 22.3 Å². The van der Waals surface area contributed by atoms with Gasteiger partial charge in [0.1, 0.15) is 0 Å². The highest BCUT2D eigenvalue weighted by Crippen LogP contribution is 2.19. The number of aliphatic hydroxyl groups is 1. The van der Waals surface area contributed by atoms with E-state index in [-0.39, 0.29) is 5.91 Å². The third-order valence-corrected chi connectivity index (χ3v) is 3.26. The zero-order chi connectivity index (χ0) is 14.7. The maximum atomic E-state index is 12.1. The fourth-order valence-electron chi connectivity index (χ4n) is 2.18. The highest BCUT2D eigenvalue weighted by molar-refractivity contribution is 6.03. The van der Waals surface area contributed by atoms with Gasteiger partial charge in [-0.25, -0.2) is 4.79 Å². The Bertz CT molecular complexity index is 530. The highest BCUT2D eigenvalue weighted by atomic mass is 16.5. The van der Waals surface area contributed by atoms with Gasteiger partial charge in [0, 0.05) is 6.54 Å². The quantitative estimate of drug-likeness (QED) is 0.698. The largest absolute Gasteiger partial charge is 0.465 e. The standard InChI is InChI=1S/C14H18N2O4/c1-8-3-4-11(10(5-8)14(19)20-2)16-13(18)12-6-9(17)7-15-12/h3-5,9,12,15,17H,6-7H2,1-2H3,(H,16,18). The molecule has 0 aliphatic carbocycles. The third kappa shape index (κ3) is 3.15. The maximum Gasteiger partial charge on any atom is 0.339 e. The van der Waals surface area contributed by atoms with E-state index in [0.717, 1.165) is 5.56 Å². The predicted molar refractivity (Wildman–Crippen MR) is 73.6 cm³/mol. The number of hydrogen-bond donors (Lipinski definition) is 3. The molecule has 0 aromatic heterocycles. The highest BCUT2D eigenvalue weighted by Gasteiger charge is 2.28. The Morgan fingerprint density at radius 2 is 2.20 bits per heavy atom. The molecule has 1 aromatic rings. The van der Waals surface area contributed by atoms with E-state index in [0.29, 0.717) is 24.2 Å². The van der Waals surface area contributed by atoms with E-state index in [4.69, 9.17) is 4.74 Å². The summed E-state index contributed by atoms with van der Waals surface area (Å²) < 4.78 is 4.71. The van der Waals surface area contributed by atoms with Crippen molar-refractivity contribution < 1.29 is 19.4 Å². The summed E-state index contributed by atoms with van der Waals surface area (Å²) in [6.45, 7) is 2.25. The number of anilines is 1. The minimum Gasteiger partial charge on any atom is -0.465 e. The van der Waals surface area contributed by atoms with E-state index in [1.54, 1.807) is 18.2 Å². The van der Waals surface area contributed by atoms with Crippen LogP contribution in [0.5, 0.6) is 0 Å². The van der Waals surface area contributed by atoms with Gasteiger partial charge in [-0.3, -0.25) is 4.79 Å². The molecule has 0 spiro atoms. The second-order valence-electron chi connectivity index (χ2n) is 4.88. The van der Waals surface area contributed by atoms with E-state index in [9.17, 15) is 14.7 Å². The summed E-state index contributed by atoms with van der Waals surface area (Å²) in [6, 6.07) is 4.69. The number of β-amino-alcohol motifs (C(OH)–C–C–N with tert-alkyl or cyclic N) is 1. The van der Waals surface area contributed by atoms with E-state index in [1.807, 2.05) is 6.92 Å². The Labute approximate surface area is 117 Å². The second kappa shape index (κ2) is 6.02. The zero-order valence-electron chi connectivity index (χ0n) is 11.5. The molecule has 3 N–H and O–H groups in total. The van der Waals surface area contributed by atoms with Gasteiger partial charge in [0.15, 0.2) is 0 Å². The van der Waals surface area contributed by atoms with Crippen molar-refractivity contribution >= 4 is 17.6 Å². The van der Waals surface area contributed by atoms with Gasteiger partial charge in [-0.05, 0) is 25.5 Å². The Morgan fingerprint density at radius 1 is 1.45 bits per heavy atom. The summed E-state index contributed by atoms with van der Waals surface area (Å²) in [6.07, 6.45) is -0.144. The summed E-state index contributed by atoms with van der Waals surface area (Å²) >= 11 is 0. The second-order valence-corrected chi connectivity index (χ2v) is 4.88.